The molecule has 1 aliphatic carbocycles. The Bertz CT molecular complexity index is 243. The van der Waals surface area contributed by atoms with Crippen LogP contribution >= 0.6 is 12.0 Å². The Morgan fingerprint density at radius 2 is 1.94 bits per heavy atom. The van der Waals surface area contributed by atoms with E-state index in [9.17, 15) is 18.8 Å². The number of esters is 1. The highest BCUT2D eigenvalue weighted by Crippen LogP contribution is 2.31. The SMILES string of the molecule is O=C(OC1CCC(O)CC1)C(F)(F)SO[O-]. The van der Waals surface area contributed by atoms with Crippen molar-refractivity contribution in [3.63, 3.8) is 0 Å². The topological polar surface area (TPSA) is 78.8 Å². The largest absolute Gasteiger partial charge is 0.710 e. The van der Waals surface area contributed by atoms with Crippen molar-refractivity contribution in [3.05, 3.63) is 0 Å². The average Bonchev–Trinajstić information content (AvgIpc) is 2.21. The molecule has 0 unspecified atom stereocenters. The summed E-state index contributed by atoms with van der Waals surface area (Å²) >= 11 is -0.782. The van der Waals surface area contributed by atoms with E-state index in [0.717, 1.165) is 0 Å². The van der Waals surface area contributed by atoms with E-state index in [1.165, 1.54) is 0 Å². The summed E-state index contributed by atoms with van der Waals surface area (Å²) in [6.07, 6.45) is 0.408. The maximum atomic E-state index is 12.8. The van der Waals surface area contributed by atoms with E-state index in [4.69, 9.17) is 5.11 Å². The summed E-state index contributed by atoms with van der Waals surface area (Å²) in [6.45, 7) is 0. The summed E-state index contributed by atoms with van der Waals surface area (Å²) in [7, 11) is 0. The fourth-order valence-electron chi connectivity index (χ4n) is 1.46. The lowest BCUT2D eigenvalue weighted by atomic mass is 9.95. The minimum Gasteiger partial charge on any atom is -0.710 e. The number of aliphatic hydroxyl groups is 1. The van der Waals surface area contributed by atoms with Gasteiger partial charge >= 0.3 is 11.2 Å². The third-order valence-electron chi connectivity index (χ3n) is 2.29. The molecule has 0 aromatic rings. The van der Waals surface area contributed by atoms with Crippen LogP contribution in [0.3, 0.4) is 0 Å². The van der Waals surface area contributed by atoms with Gasteiger partial charge in [0.15, 0.2) is 0 Å². The highest BCUT2D eigenvalue weighted by atomic mass is 32.2. The van der Waals surface area contributed by atoms with E-state index < -0.39 is 35.5 Å². The minimum atomic E-state index is -3.99. The van der Waals surface area contributed by atoms with Crippen LogP contribution in [0.2, 0.25) is 0 Å². The number of ether oxygens (including phenoxy) is 1. The van der Waals surface area contributed by atoms with Gasteiger partial charge in [-0.3, -0.25) is 0 Å². The highest BCUT2D eigenvalue weighted by molar-refractivity contribution is 7.96. The summed E-state index contributed by atoms with van der Waals surface area (Å²) in [5, 5.41) is 14.7. The molecule has 0 saturated heterocycles. The van der Waals surface area contributed by atoms with Gasteiger partial charge in [0.1, 0.15) is 6.10 Å². The van der Waals surface area contributed by atoms with Crippen molar-refractivity contribution >= 4 is 18.0 Å². The molecule has 0 aromatic carbocycles. The first-order valence-electron chi connectivity index (χ1n) is 4.70. The average molecular weight is 257 g/mol. The normalized spacial score (nSPS) is 26.5. The smallest absolute Gasteiger partial charge is 0.412 e. The molecule has 1 rings (SSSR count). The maximum absolute atomic E-state index is 12.8. The molecule has 0 aromatic heterocycles. The zero-order chi connectivity index (χ0) is 12.2. The number of carbonyl (C=O) groups excluding carboxylic acids is 1. The van der Waals surface area contributed by atoms with Gasteiger partial charge in [-0.2, -0.15) is 8.78 Å². The zero-order valence-electron chi connectivity index (χ0n) is 8.23. The second-order valence-electron chi connectivity index (χ2n) is 3.50. The molecule has 16 heavy (non-hydrogen) atoms. The molecule has 1 fully saturated rings. The van der Waals surface area contributed by atoms with Crippen molar-refractivity contribution in [1.29, 1.82) is 0 Å². The van der Waals surface area contributed by atoms with E-state index in [2.05, 4.69) is 9.07 Å². The van der Waals surface area contributed by atoms with E-state index >= 15 is 0 Å². The predicted molar refractivity (Wildman–Crippen MR) is 48.0 cm³/mol. The highest BCUT2D eigenvalue weighted by Gasteiger charge is 2.43. The number of halogens is 2. The number of aliphatic hydroxyl groups excluding tert-OH is 1. The van der Waals surface area contributed by atoms with Gasteiger partial charge in [-0.15, -0.1) is 0 Å². The molecule has 0 amide bonds. The quantitative estimate of drug-likeness (QED) is 0.339. The summed E-state index contributed by atoms with van der Waals surface area (Å²) in [5.74, 6) is -1.78. The Morgan fingerprint density at radius 1 is 1.38 bits per heavy atom. The number of hydrogen-bond acceptors (Lipinski definition) is 6. The zero-order valence-corrected chi connectivity index (χ0v) is 9.04. The lowest BCUT2D eigenvalue weighted by Gasteiger charge is -2.26. The van der Waals surface area contributed by atoms with Crippen LogP contribution in [0.5, 0.6) is 0 Å². The minimum absolute atomic E-state index is 0.339. The number of alkyl halides is 2. The van der Waals surface area contributed by atoms with Crippen LogP contribution in [-0.4, -0.2) is 28.5 Å². The lowest BCUT2D eigenvalue weighted by Crippen LogP contribution is -2.34. The first-order valence-corrected chi connectivity index (χ1v) is 5.44. The standard InChI is InChI=1S/C8H12F2O5S/c9-8(10,16-15-13)7(12)14-6-3-1-5(11)2-4-6/h5-6,11,13H,1-4H2/p-1. The molecule has 1 aliphatic rings. The van der Waals surface area contributed by atoms with Gasteiger partial charge in [0.25, 0.3) is 0 Å². The van der Waals surface area contributed by atoms with Gasteiger partial charge in [-0.1, -0.05) is 0 Å². The lowest BCUT2D eigenvalue weighted by molar-refractivity contribution is -0.630. The Kier molecular flexibility index (Phi) is 4.90. The van der Waals surface area contributed by atoms with Gasteiger partial charge in [0.2, 0.25) is 0 Å². The van der Waals surface area contributed by atoms with Crippen LogP contribution in [0.4, 0.5) is 8.78 Å². The second-order valence-corrected chi connectivity index (χ2v) is 4.32. The molecule has 0 aliphatic heterocycles. The van der Waals surface area contributed by atoms with Crippen LogP contribution in [0, 0.1) is 0 Å². The van der Waals surface area contributed by atoms with Crippen molar-refractivity contribution < 1.29 is 33.0 Å². The third-order valence-corrected chi connectivity index (χ3v) is 2.74. The summed E-state index contributed by atoms with van der Waals surface area (Å²) < 4.78 is 33.0. The van der Waals surface area contributed by atoms with E-state index in [1.54, 1.807) is 0 Å². The van der Waals surface area contributed by atoms with E-state index in [-0.39, 0.29) is 0 Å². The van der Waals surface area contributed by atoms with Crippen molar-refractivity contribution in [3.8, 4) is 0 Å². The molecule has 1 saturated carbocycles. The van der Waals surface area contributed by atoms with Gasteiger partial charge in [-0.25, -0.2) is 4.79 Å². The molecule has 94 valence electrons. The van der Waals surface area contributed by atoms with E-state index in [0.29, 0.717) is 25.7 Å². The fourth-order valence-corrected chi connectivity index (χ4v) is 1.66. The second kappa shape index (κ2) is 5.76. The molecule has 0 bridgehead atoms. The molecule has 0 spiro atoms. The summed E-state index contributed by atoms with van der Waals surface area (Å²) in [6, 6.07) is 0. The number of rotatable bonds is 4. The molecule has 8 heteroatoms. The Morgan fingerprint density at radius 3 is 2.44 bits per heavy atom. The fraction of sp³-hybridized carbons (Fsp3) is 0.875. The third kappa shape index (κ3) is 3.85. The van der Waals surface area contributed by atoms with Gasteiger partial charge in [-0.05, 0) is 25.7 Å². The van der Waals surface area contributed by atoms with Crippen LogP contribution < -0.4 is 5.26 Å². The van der Waals surface area contributed by atoms with Crippen LogP contribution in [-0.2, 0) is 13.9 Å². The Hall–Kier alpha value is -0.440. The Labute approximate surface area is 94.9 Å². The van der Waals surface area contributed by atoms with Crippen molar-refractivity contribution in [2.45, 2.75) is 43.1 Å². The van der Waals surface area contributed by atoms with Crippen molar-refractivity contribution in [1.82, 2.24) is 0 Å². The number of hydrogen-bond donors (Lipinski definition) is 1. The Balaban J connectivity index is 2.39. The van der Waals surface area contributed by atoms with Crippen LogP contribution in [0.25, 0.3) is 0 Å². The monoisotopic (exact) mass is 257 g/mol. The summed E-state index contributed by atoms with van der Waals surface area (Å²) in [5.41, 5.74) is 0. The van der Waals surface area contributed by atoms with E-state index in [1.807, 2.05) is 0 Å². The van der Waals surface area contributed by atoms with Crippen LogP contribution in [0.15, 0.2) is 0 Å². The molecule has 0 atom stereocenters. The molecule has 5 nitrogen and oxygen atoms in total. The first kappa shape index (κ1) is 13.6. The molecule has 1 N–H and O–H groups in total. The molecule has 0 radical (unpaired) electrons. The first-order chi connectivity index (χ1) is 7.45. The predicted octanol–water partition coefficient (Wildman–Crippen LogP) is 0.366. The van der Waals surface area contributed by atoms with Gasteiger partial charge in [0.05, 0.1) is 18.1 Å². The molecular weight excluding hydrogens is 246 g/mol. The number of carbonyl (C=O) groups is 1. The molecular formula is C8H11F2O5S-. The van der Waals surface area contributed by atoms with Gasteiger partial charge < -0.3 is 19.4 Å². The molecule has 0 heterocycles. The van der Waals surface area contributed by atoms with Crippen molar-refractivity contribution in [2.24, 2.45) is 0 Å². The maximum Gasteiger partial charge on any atom is 0.412 e. The van der Waals surface area contributed by atoms with Crippen molar-refractivity contribution in [2.75, 3.05) is 0 Å². The van der Waals surface area contributed by atoms with Crippen LogP contribution in [0.1, 0.15) is 25.7 Å². The van der Waals surface area contributed by atoms with Gasteiger partial charge in [0, 0.05) is 0 Å². The summed E-state index contributed by atoms with van der Waals surface area (Å²) in [4.78, 5) is 10.9.